The van der Waals surface area contributed by atoms with E-state index >= 15 is 0 Å². The van der Waals surface area contributed by atoms with Crippen molar-refractivity contribution in [3.05, 3.63) is 0 Å². The molecule has 2 nitrogen and oxygen atoms in total. The lowest BCUT2D eigenvalue weighted by Crippen LogP contribution is -2.46. The minimum atomic E-state index is 0.389. The Morgan fingerprint density at radius 3 is 2.36 bits per heavy atom. The molecule has 0 amide bonds. The van der Waals surface area contributed by atoms with Crippen molar-refractivity contribution in [1.29, 1.82) is 0 Å². The normalized spacial score (nSPS) is 21.4. The molecule has 1 aliphatic rings. The molecule has 1 heterocycles. The van der Waals surface area contributed by atoms with Crippen molar-refractivity contribution in [2.45, 2.75) is 46.6 Å². The predicted molar refractivity (Wildman–Crippen MR) is 62.6 cm³/mol. The van der Waals surface area contributed by atoms with Crippen molar-refractivity contribution in [2.75, 3.05) is 26.2 Å². The maximum atomic E-state index is 3.53. The highest BCUT2D eigenvalue weighted by Crippen LogP contribution is 2.24. The first-order valence-electron chi connectivity index (χ1n) is 6.02. The largest absolute Gasteiger partial charge is 0.314 e. The molecule has 0 aromatic heterocycles. The van der Waals surface area contributed by atoms with Gasteiger partial charge in [0, 0.05) is 12.6 Å². The van der Waals surface area contributed by atoms with Gasteiger partial charge < -0.3 is 10.2 Å². The van der Waals surface area contributed by atoms with Crippen LogP contribution in [0.25, 0.3) is 0 Å². The van der Waals surface area contributed by atoms with Gasteiger partial charge in [-0.05, 0) is 44.8 Å². The van der Waals surface area contributed by atoms with Gasteiger partial charge >= 0.3 is 0 Å². The highest BCUT2D eigenvalue weighted by atomic mass is 15.1. The van der Waals surface area contributed by atoms with E-state index in [2.05, 4.69) is 37.9 Å². The Hall–Kier alpha value is -0.0800. The molecular formula is C12H26N2. The van der Waals surface area contributed by atoms with Gasteiger partial charge in [-0.3, -0.25) is 0 Å². The third kappa shape index (κ3) is 3.25. The third-order valence-electron chi connectivity index (χ3n) is 3.51. The van der Waals surface area contributed by atoms with Gasteiger partial charge in [-0.1, -0.05) is 20.8 Å². The summed E-state index contributed by atoms with van der Waals surface area (Å²) in [4.78, 5) is 2.60. The molecule has 1 atom stereocenters. The van der Waals surface area contributed by atoms with E-state index in [1.165, 1.54) is 32.5 Å². The molecule has 1 rings (SSSR count). The second-order valence-electron chi connectivity index (χ2n) is 5.25. The van der Waals surface area contributed by atoms with Crippen molar-refractivity contribution in [3.63, 3.8) is 0 Å². The maximum absolute atomic E-state index is 3.53. The fourth-order valence-corrected chi connectivity index (χ4v) is 2.24. The van der Waals surface area contributed by atoms with Crippen molar-refractivity contribution in [3.8, 4) is 0 Å². The minimum Gasteiger partial charge on any atom is -0.314 e. The van der Waals surface area contributed by atoms with Gasteiger partial charge in [-0.25, -0.2) is 0 Å². The van der Waals surface area contributed by atoms with Gasteiger partial charge in [-0.15, -0.1) is 0 Å². The van der Waals surface area contributed by atoms with Gasteiger partial charge in [0.2, 0.25) is 0 Å². The molecule has 0 radical (unpaired) electrons. The lowest BCUT2D eigenvalue weighted by atomic mass is 9.85. The van der Waals surface area contributed by atoms with Crippen molar-refractivity contribution < 1.29 is 0 Å². The molecule has 0 spiro atoms. The SMILES string of the molecule is CCNC(C)C(C)(C)CN1CCCC1. The van der Waals surface area contributed by atoms with Crippen LogP contribution in [0.1, 0.15) is 40.5 Å². The Balaban J connectivity index is 2.38. The van der Waals surface area contributed by atoms with Crippen LogP contribution in [0.2, 0.25) is 0 Å². The van der Waals surface area contributed by atoms with Crippen molar-refractivity contribution in [1.82, 2.24) is 10.2 Å². The molecule has 0 aromatic carbocycles. The van der Waals surface area contributed by atoms with E-state index in [1.807, 2.05) is 0 Å². The fraction of sp³-hybridized carbons (Fsp3) is 1.00. The van der Waals surface area contributed by atoms with E-state index in [-0.39, 0.29) is 0 Å². The summed E-state index contributed by atoms with van der Waals surface area (Å²) in [6.45, 7) is 14.2. The second kappa shape index (κ2) is 5.13. The molecule has 1 fully saturated rings. The highest BCUT2D eigenvalue weighted by Gasteiger charge is 2.28. The summed E-state index contributed by atoms with van der Waals surface area (Å²) >= 11 is 0. The molecule has 0 aromatic rings. The van der Waals surface area contributed by atoms with E-state index in [1.54, 1.807) is 0 Å². The van der Waals surface area contributed by atoms with E-state index < -0.39 is 0 Å². The Labute approximate surface area is 89.1 Å². The number of rotatable bonds is 5. The molecule has 2 heteroatoms. The molecule has 14 heavy (non-hydrogen) atoms. The number of nitrogens with one attached hydrogen (secondary N) is 1. The molecule has 1 unspecified atom stereocenters. The summed E-state index contributed by atoms with van der Waals surface area (Å²) in [6, 6.07) is 0.605. The molecule has 84 valence electrons. The Morgan fingerprint density at radius 1 is 1.29 bits per heavy atom. The zero-order valence-electron chi connectivity index (χ0n) is 10.3. The standard InChI is InChI=1S/C12H26N2/c1-5-13-11(2)12(3,4)10-14-8-6-7-9-14/h11,13H,5-10H2,1-4H3. The Morgan fingerprint density at radius 2 is 1.86 bits per heavy atom. The van der Waals surface area contributed by atoms with Crippen molar-refractivity contribution in [2.24, 2.45) is 5.41 Å². The van der Waals surface area contributed by atoms with Gasteiger partial charge in [0.1, 0.15) is 0 Å². The Bertz CT molecular complexity index is 160. The van der Waals surface area contributed by atoms with Crippen LogP contribution < -0.4 is 5.32 Å². The van der Waals surface area contributed by atoms with E-state index in [0.717, 1.165) is 6.54 Å². The van der Waals surface area contributed by atoms with Crippen LogP contribution in [-0.2, 0) is 0 Å². The van der Waals surface area contributed by atoms with Gasteiger partial charge in [0.05, 0.1) is 0 Å². The summed E-state index contributed by atoms with van der Waals surface area (Å²) in [7, 11) is 0. The number of likely N-dealkylation sites (tertiary alicyclic amines) is 1. The first-order valence-corrected chi connectivity index (χ1v) is 6.02. The second-order valence-corrected chi connectivity index (χ2v) is 5.25. The van der Waals surface area contributed by atoms with Crippen LogP contribution in [0.4, 0.5) is 0 Å². The van der Waals surface area contributed by atoms with Gasteiger partial charge in [0.25, 0.3) is 0 Å². The summed E-state index contributed by atoms with van der Waals surface area (Å²) in [5.74, 6) is 0. The molecule has 1 aliphatic heterocycles. The third-order valence-corrected chi connectivity index (χ3v) is 3.51. The summed E-state index contributed by atoms with van der Waals surface area (Å²) < 4.78 is 0. The molecule has 0 aliphatic carbocycles. The lowest BCUT2D eigenvalue weighted by molar-refractivity contribution is 0.165. The lowest BCUT2D eigenvalue weighted by Gasteiger charge is -2.36. The molecule has 1 N–H and O–H groups in total. The van der Waals surface area contributed by atoms with E-state index in [4.69, 9.17) is 0 Å². The van der Waals surface area contributed by atoms with Crippen LogP contribution in [0.3, 0.4) is 0 Å². The highest BCUT2D eigenvalue weighted by molar-refractivity contribution is 4.84. The maximum Gasteiger partial charge on any atom is 0.0102 e. The van der Waals surface area contributed by atoms with Crippen LogP contribution in [0, 0.1) is 5.41 Å². The monoisotopic (exact) mass is 198 g/mol. The smallest absolute Gasteiger partial charge is 0.0102 e. The Kier molecular flexibility index (Phi) is 4.39. The van der Waals surface area contributed by atoms with E-state index in [9.17, 15) is 0 Å². The molecule has 0 bridgehead atoms. The first-order chi connectivity index (χ1) is 6.56. The summed E-state index contributed by atoms with van der Waals surface area (Å²) in [5, 5.41) is 3.53. The van der Waals surface area contributed by atoms with Crippen LogP contribution in [0.15, 0.2) is 0 Å². The molecule has 0 saturated carbocycles. The van der Waals surface area contributed by atoms with Crippen molar-refractivity contribution >= 4 is 0 Å². The van der Waals surface area contributed by atoms with Crippen LogP contribution in [-0.4, -0.2) is 37.1 Å². The predicted octanol–water partition coefficient (Wildman–Crippen LogP) is 2.11. The summed E-state index contributed by atoms with van der Waals surface area (Å²) in [5.41, 5.74) is 0.389. The minimum absolute atomic E-state index is 0.389. The van der Waals surface area contributed by atoms with Crippen LogP contribution in [0.5, 0.6) is 0 Å². The fourth-order valence-electron chi connectivity index (χ4n) is 2.24. The summed E-state index contributed by atoms with van der Waals surface area (Å²) in [6.07, 6.45) is 2.79. The first kappa shape index (κ1) is 12.0. The molecular weight excluding hydrogens is 172 g/mol. The number of nitrogens with zero attached hydrogens (tertiary/aromatic N) is 1. The van der Waals surface area contributed by atoms with Gasteiger partial charge in [0.15, 0.2) is 0 Å². The topological polar surface area (TPSA) is 15.3 Å². The van der Waals surface area contributed by atoms with E-state index in [0.29, 0.717) is 11.5 Å². The zero-order valence-corrected chi connectivity index (χ0v) is 10.3. The number of hydrogen-bond acceptors (Lipinski definition) is 2. The van der Waals surface area contributed by atoms with Gasteiger partial charge in [-0.2, -0.15) is 0 Å². The zero-order chi connectivity index (χ0) is 10.6. The van der Waals surface area contributed by atoms with Crippen LogP contribution >= 0.6 is 0 Å². The average molecular weight is 198 g/mol. The quantitative estimate of drug-likeness (QED) is 0.728. The average Bonchev–Trinajstić information content (AvgIpc) is 2.56. The molecule has 1 saturated heterocycles. The number of hydrogen-bond donors (Lipinski definition) is 1.